The second-order valence-corrected chi connectivity index (χ2v) is 3.19. The third kappa shape index (κ3) is 1.84. The molecule has 66 valence electrons. The van der Waals surface area contributed by atoms with Gasteiger partial charge in [-0.25, -0.2) is 13.8 Å². The van der Waals surface area contributed by atoms with E-state index in [4.69, 9.17) is 17.3 Å². The van der Waals surface area contributed by atoms with Crippen LogP contribution >= 0.6 is 27.5 Å². The van der Waals surface area contributed by atoms with E-state index in [1.54, 1.807) is 0 Å². The summed E-state index contributed by atoms with van der Waals surface area (Å²) >= 11 is 8.49. The first-order valence-corrected chi connectivity index (χ1v) is 4.09. The molecular formula is C6H4BrClF2N2. The average Bonchev–Trinajstić information content (AvgIpc) is 1.96. The Morgan fingerprint density at radius 2 is 2.17 bits per heavy atom. The summed E-state index contributed by atoms with van der Waals surface area (Å²) in [5, 5.41) is 0.125. The van der Waals surface area contributed by atoms with Crippen molar-refractivity contribution in [2.45, 2.75) is 6.43 Å². The highest BCUT2D eigenvalue weighted by Gasteiger charge is 2.14. The van der Waals surface area contributed by atoms with Gasteiger partial charge in [0, 0.05) is 0 Å². The molecule has 0 unspecified atom stereocenters. The number of nitrogens with zero attached hydrogens (tertiary/aromatic N) is 1. The molecule has 0 atom stereocenters. The van der Waals surface area contributed by atoms with Crippen molar-refractivity contribution in [2.75, 3.05) is 5.73 Å². The van der Waals surface area contributed by atoms with Crippen LogP contribution in [0, 0.1) is 0 Å². The van der Waals surface area contributed by atoms with E-state index in [-0.39, 0.29) is 21.0 Å². The van der Waals surface area contributed by atoms with Gasteiger partial charge in [0.2, 0.25) is 0 Å². The second-order valence-electron chi connectivity index (χ2n) is 2.04. The number of anilines is 1. The number of aromatic nitrogens is 1. The minimum Gasteiger partial charge on any atom is -0.383 e. The van der Waals surface area contributed by atoms with E-state index in [2.05, 4.69) is 20.9 Å². The summed E-state index contributed by atoms with van der Waals surface area (Å²) < 4.78 is 24.6. The zero-order chi connectivity index (χ0) is 9.30. The zero-order valence-electron chi connectivity index (χ0n) is 5.69. The Kier molecular flexibility index (Phi) is 2.85. The molecule has 0 saturated heterocycles. The van der Waals surface area contributed by atoms with Crippen LogP contribution in [0.5, 0.6) is 0 Å². The minimum atomic E-state index is -2.65. The number of nitrogens with two attached hydrogens (primary N) is 1. The number of halogens is 4. The molecule has 1 aromatic heterocycles. The van der Waals surface area contributed by atoms with Gasteiger partial charge in [-0.15, -0.1) is 0 Å². The fraction of sp³-hybridized carbons (Fsp3) is 0.167. The summed E-state index contributed by atoms with van der Waals surface area (Å²) in [7, 11) is 0. The largest absolute Gasteiger partial charge is 0.383 e. The Morgan fingerprint density at radius 1 is 1.58 bits per heavy atom. The molecule has 0 aliphatic carbocycles. The number of alkyl halides is 2. The predicted molar refractivity (Wildman–Crippen MR) is 46.3 cm³/mol. The van der Waals surface area contributed by atoms with Crippen molar-refractivity contribution >= 4 is 33.3 Å². The molecule has 0 aliphatic rings. The molecule has 0 aliphatic heterocycles. The van der Waals surface area contributed by atoms with Gasteiger partial charge in [0.15, 0.2) is 0 Å². The SMILES string of the molecule is Nc1nc(Br)c(Cl)cc1C(F)F. The molecule has 0 bridgehead atoms. The summed E-state index contributed by atoms with van der Waals surface area (Å²) in [6.45, 7) is 0. The molecule has 0 spiro atoms. The maximum atomic E-state index is 12.1. The Balaban J connectivity index is 3.23. The minimum absolute atomic E-state index is 0.125. The van der Waals surface area contributed by atoms with Crippen LogP contribution in [0.4, 0.5) is 14.6 Å². The molecule has 12 heavy (non-hydrogen) atoms. The number of hydrogen-bond acceptors (Lipinski definition) is 2. The third-order valence-electron chi connectivity index (χ3n) is 1.23. The van der Waals surface area contributed by atoms with Crippen molar-refractivity contribution in [3.8, 4) is 0 Å². The van der Waals surface area contributed by atoms with Gasteiger partial charge >= 0.3 is 0 Å². The normalized spacial score (nSPS) is 10.8. The van der Waals surface area contributed by atoms with Crippen LogP contribution in [0.3, 0.4) is 0 Å². The predicted octanol–water partition coefficient (Wildman–Crippen LogP) is 3.02. The molecule has 6 heteroatoms. The van der Waals surface area contributed by atoms with Gasteiger partial charge in [-0.1, -0.05) is 11.6 Å². The molecule has 0 saturated carbocycles. The topological polar surface area (TPSA) is 38.9 Å². The Hall–Kier alpha value is -0.420. The van der Waals surface area contributed by atoms with Gasteiger partial charge in [0.1, 0.15) is 10.4 Å². The number of hydrogen-bond donors (Lipinski definition) is 1. The van der Waals surface area contributed by atoms with E-state index in [1.165, 1.54) is 0 Å². The van der Waals surface area contributed by atoms with Gasteiger partial charge < -0.3 is 5.73 Å². The van der Waals surface area contributed by atoms with Crippen molar-refractivity contribution in [3.63, 3.8) is 0 Å². The van der Waals surface area contributed by atoms with Gasteiger partial charge in [-0.3, -0.25) is 0 Å². The fourth-order valence-electron chi connectivity index (χ4n) is 0.669. The van der Waals surface area contributed by atoms with Crippen LogP contribution in [0.1, 0.15) is 12.0 Å². The standard InChI is InChI=1S/C6H4BrClF2N2/c7-4-3(8)1-2(5(9)10)6(11)12-4/h1,5H,(H2,11,12). The van der Waals surface area contributed by atoms with E-state index >= 15 is 0 Å². The van der Waals surface area contributed by atoms with Crippen molar-refractivity contribution in [2.24, 2.45) is 0 Å². The Morgan fingerprint density at radius 3 is 2.67 bits per heavy atom. The Bertz CT molecular complexity index is 306. The maximum Gasteiger partial charge on any atom is 0.267 e. The first kappa shape index (κ1) is 9.67. The van der Waals surface area contributed by atoms with Crippen molar-refractivity contribution in [1.29, 1.82) is 0 Å². The zero-order valence-corrected chi connectivity index (χ0v) is 8.03. The quantitative estimate of drug-likeness (QED) is 0.786. The lowest BCUT2D eigenvalue weighted by molar-refractivity contribution is 0.152. The molecule has 2 N–H and O–H groups in total. The molecule has 1 aromatic rings. The highest BCUT2D eigenvalue weighted by Crippen LogP contribution is 2.30. The molecule has 0 aromatic carbocycles. The molecule has 0 fully saturated rings. The summed E-state index contributed by atoms with van der Waals surface area (Å²) in [6, 6.07) is 1.10. The number of nitrogen functional groups attached to an aromatic ring is 1. The van der Waals surface area contributed by atoms with Crippen molar-refractivity contribution in [1.82, 2.24) is 4.98 Å². The van der Waals surface area contributed by atoms with E-state index in [1.807, 2.05) is 0 Å². The smallest absolute Gasteiger partial charge is 0.267 e. The van der Waals surface area contributed by atoms with Crippen LogP contribution in [-0.4, -0.2) is 4.98 Å². The third-order valence-corrected chi connectivity index (χ3v) is 2.35. The highest BCUT2D eigenvalue weighted by atomic mass is 79.9. The monoisotopic (exact) mass is 256 g/mol. The van der Waals surface area contributed by atoms with Gasteiger partial charge in [-0.2, -0.15) is 0 Å². The highest BCUT2D eigenvalue weighted by molar-refractivity contribution is 9.10. The lowest BCUT2D eigenvalue weighted by atomic mass is 10.3. The molecular weight excluding hydrogens is 253 g/mol. The number of rotatable bonds is 1. The van der Waals surface area contributed by atoms with E-state index in [9.17, 15) is 8.78 Å². The molecule has 1 heterocycles. The summed E-state index contributed by atoms with van der Waals surface area (Å²) in [4.78, 5) is 3.58. The van der Waals surface area contributed by atoms with E-state index in [0.29, 0.717) is 0 Å². The van der Waals surface area contributed by atoms with Gasteiger partial charge in [0.25, 0.3) is 6.43 Å². The van der Waals surface area contributed by atoms with Crippen LogP contribution < -0.4 is 5.73 Å². The molecule has 1 rings (SSSR count). The second kappa shape index (κ2) is 3.53. The lowest BCUT2D eigenvalue weighted by Gasteiger charge is -2.04. The molecule has 2 nitrogen and oxygen atoms in total. The lowest BCUT2D eigenvalue weighted by Crippen LogP contribution is -1.98. The van der Waals surface area contributed by atoms with Gasteiger partial charge in [-0.05, 0) is 22.0 Å². The number of pyridine rings is 1. The van der Waals surface area contributed by atoms with Crippen LogP contribution in [0.15, 0.2) is 10.7 Å². The summed E-state index contributed by atoms with van der Waals surface area (Å²) in [6.07, 6.45) is -2.65. The molecule has 0 amide bonds. The fourth-order valence-corrected chi connectivity index (χ4v) is 1.13. The first-order chi connectivity index (χ1) is 5.52. The summed E-state index contributed by atoms with van der Waals surface area (Å²) in [5.41, 5.74) is 4.87. The van der Waals surface area contributed by atoms with Crippen LogP contribution in [-0.2, 0) is 0 Å². The van der Waals surface area contributed by atoms with Crippen LogP contribution in [0.25, 0.3) is 0 Å². The van der Waals surface area contributed by atoms with Crippen LogP contribution in [0.2, 0.25) is 5.02 Å². The average molecular weight is 257 g/mol. The van der Waals surface area contributed by atoms with Crippen molar-refractivity contribution < 1.29 is 8.78 Å². The van der Waals surface area contributed by atoms with Gasteiger partial charge in [0.05, 0.1) is 10.6 Å². The maximum absolute atomic E-state index is 12.1. The van der Waals surface area contributed by atoms with E-state index in [0.717, 1.165) is 6.07 Å². The Labute approximate surface area is 80.9 Å². The first-order valence-electron chi connectivity index (χ1n) is 2.92. The molecule has 0 radical (unpaired) electrons. The van der Waals surface area contributed by atoms with E-state index < -0.39 is 6.43 Å². The summed E-state index contributed by atoms with van der Waals surface area (Å²) in [5.74, 6) is -0.207. The van der Waals surface area contributed by atoms with Crippen molar-refractivity contribution in [3.05, 3.63) is 21.3 Å².